The molecule has 26 heavy (non-hydrogen) atoms. The van der Waals surface area contributed by atoms with E-state index in [1.54, 1.807) is 13.3 Å². The van der Waals surface area contributed by atoms with E-state index in [-0.39, 0.29) is 11.8 Å². The van der Waals surface area contributed by atoms with Crippen LogP contribution >= 0.6 is 0 Å². The molecule has 4 rings (SSSR count). The summed E-state index contributed by atoms with van der Waals surface area (Å²) in [5, 5.41) is 3.50. The number of carbonyl (C=O) groups is 1. The molecule has 1 unspecified atom stereocenters. The number of methoxy groups -OCH3 is 1. The van der Waals surface area contributed by atoms with E-state index in [2.05, 4.69) is 41.5 Å². The van der Waals surface area contributed by atoms with Crippen molar-refractivity contribution in [2.75, 3.05) is 12.4 Å². The molecule has 132 valence electrons. The van der Waals surface area contributed by atoms with E-state index >= 15 is 0 Å². The predicted octanol–water partition coefficient (Wildman–Crippen LogP) is 4.27. The van der Waals surface area contributed by atoms with Crippen LogP contribution in [0.5, 0.6) is 5.75 Å². The number of oxazole rings is 1. The molecule has 0 saturated carbocycles. The fourth-order valence-corrected chi connectivity index (χ4v) is 3.49. The molecule has 5 nitrogen and oxygen atoms in total. The summed E-state index contributed by atoms with van der Waals surface area (Å²) in [6.07, 6.45) is 4.25. The Balaban J connectivity index is 1.65. The van der Waals surface area contributed by atoms with Gasteiger partial charge < -0.3 is 14.5 Å². The number of rotatable bonds is 4. The van der Waals surface area contributed by atoms with Gasteiger partial charge in [-0.2, -0.15) is 0 Å². The first-order chi connectivity index (χ1) is 12.6. The third-order valence-electron chi connectivity index (χ3n) is 4.69. The van der Waals surface area contributed by atoms with Crippen LogP contribution in [0, 0.1) is 6.92 Å². The standard InChI is InChI=1S/C21H20N2O3/c1-13-4-3-5-14(6-13)7-15-8-19(24)16-9-17(21-11-22-12-26-21)20(25-2)10-18(16)23-15/h3-6,9-12,15,23H,7-8H2,1-2H3. The fraction of sp³-hybridized carbons (Fsp3) is 0.238. The van der Waals surface area contributed by atoms with Crippen LogP contribution < -0.4 is 10.1 Å². The molecule has 5 heteroatoms. The van der Waals surface area contributed by atoms with Gasteiger partial charge in [0.05, 0.1) is 18.9 Å². The molecule has 2 heterocycles. The molecule has 1 aliphatic rings. The summed E-state index contributed by atoms with van der Waals surface area (Å²) in [5.41, 5.74) is 4.65. The first-order valence-corrected chi connectivity index (χ1v) is 8.60. The number of nitrogens with one attached hydrogen (secondary N) is 1. The van der Waals surface area contributed by atoms with Crippen LogP contribution in [0.15, 0.2) is 53.4 Å². The third kappa shape index (κ3) is 3.08. The van der Waals surface area contributed by atoms with Gasteiger partial charge >= 0.3 is 0 Å². The lowest BCUT2D eigenvalue weighted by Crippen LogP contribution is -2.31. The van der Waals surface area contributed by atoms with Crippen LogP contribution in [0.2, 0.25) is 0 Å². The average molecular weight is 348 g/mol. The number of Topliss-reactive ketones (excluding diaryl/α,β-unsaturated/α-hetero) is 1. The lowest BCUT2D eigenvalue weighted by Gasteiger charge is -2.27. The Labute approximate surface area is 152 Å². The topological polar surface area (TPSA) is 64.4 Å². The molecule has 2 aromatic carbocycles. The van der Waals surface area contributed by atoms with Gasteiger partial charge in [-0.15, -0.1) is 0 Å². The van der Waals surface area contributed by atoms with Gasteiger partial charge in [-0.3, -0.25) is 4.79 Å². The van der Waals surface area contributed by atoms with E-state index in [9.17, 15) is 4.79 Å². The number of ether oxygens (including phenoxy) is 1. The predicted molar refractivity (Wildman–Crippen MR) is 99.7 cm³/mol. The highest BCUT2D eigenvalue weighted by molar-refractivity contribution is 6.05. The maximum Gasteiger partial charge on any atom is 0.181 e. The Kier molecular flexibility index (Phi) is 4.21. The van der Waals surface area contributed by atoms with Crippen molar-refractivity contribution in [2.45, 2.75) is 25.8 Å². The average Bonchev–Trinajstić information content (AvgIpc) is 3.15. The molecular formula is C21H20N2O3. The number of anilines is 1. The van der Waals surface area contributed by atoms with Gasteiger partial charge in [0.15, 0.2) is 17.9 Å². The second kappa shape index (κ2) is 6.67. The van der Waals surface area contributed by atoms with Crippen LogP contribution in [0.3, 0.4) is 0 Å². The number of aryl methyl sites for hydroxylation is 1. The number of ketones is 1. The van der Waals surface area contributed by atoms with Crippen LogP contribution in [0.4, 0.5) is 5.69 Å². The largest absolute Gasteiger partial charge is 0.496 e. The van der Waals surface area contributed by atoms with Gasteiger partial charge in [0, 0.05) is 29.8 Å². The Morgan fingerprint density at radius 1 is 1.27 bits per heavy atom. The minimum absolute atomic E-state index is 0.0673. The molecule has 0 spiro atoms. The summed E-state index contributed by atoms with van der Waals surface area (Å²) in [7, 11) is 1.61. The molecule has 0 bridgehead atoms. The van der Waals surface area contributed by atoms with Crippen molar-refractivity contribution in [3.63, 3.8) is 0 Å². The van der Waals surface area contributed by atoms with E-state index in [1.807, 2.05) is 12.1 Å². The van der Waals surface area contributed by atoms with E-state index in [0.29, 0.717) is 23.5 Å². The number of nitrogens with zero attached hydrogens (tertiary/aromatic N) is 1. The lowest BCUT2D eigenvalue weighted by molar-refractivity contribution is 0.0972. The normalized spacial score (nSPS) is 16.1. The monoisotopic (exact) mass is 348 g/mol. The zero-order valence-electron chi connectivity index (χ0n) is 14.8. The van der Waals surface area contributed by atoms with Gasteiger partial charge in [0.25, 0.3) is 0 Å². The summed E-state index contributed by atoms with van der Waals surface area (Å²) < 4.78 is 10.9. The number of aromatic nitrogens is 1. The van der Waals surface area contributed by atoms with Crippen molar-refractivity contribution in [2.24, 2.45) is 0 Å². The molecular weight excluding hydrogens is 328 g/mol. The first kappa shape index (κ1) is 16.4. The van der Waals surface area contributed by atoms with Crippen molar-refractivity contribution >= 4 is 11.5 Å². The maximum absolute atomic E-state index is 12.7. The highest BCUT2D eigenvalue weighted by atomic mass is 16.5. The third-order valence-corrected chi connectivity index (χ3v) is 4.69. The molecule has 3 aromatic rings. The van der Waals surface area contributed by atoms with Crippen LogP contribution in [0.25, 0.3) is 11.3 Å². The van der Waals surface area contributed by atoms with Crippen molar-refractivity contribution < 1.29 is 13.9 Å². The van der Waals surface area contributed by atoms with Crippen molar-refractivity contribution in [1.29, 1.82) is 0 Å². The SMILES string of the molecule is COc1cc2c(cc1-c1cnco1)C(=O)CC(Cc1cccc(C)c1)N2. The first-order valence-electron chi connectivity index (χ1n) is 8.60. The summed E-state index contributed by atoms with van der Waals surface area (Å²) in [6, 6.07) is 12.2. The second-order valence-electron chi connectivity index (χ2n) is 6.63. The second-order valence-corrected chi connectivity index (χ2v) is 6.63. The van der Waals surface area contributed by atoms with Crippen LogP contribution in [-0.2, 0) is 6.42 Å². The van der Waals surface area contributed by atoms with Crippen LogP contribution in [0.1, 0.15) is 27.9 Å². The summed E-state index contributed by atoms with van der Waals surface area (Å²) in [6.45, 7) is 2.08. The Morgan fingerprint density at radius 3 is 2.88 bits per heavy atom. The van der Waals surface area contributed by atoms with E-state index < -0.39 is 0 Å². The number of hydrogen-bond donors (Lipinski definition) is 1. The van der Waals surface area contributed by atoms with Gasteiger partial charge in [-0.25, -0.2) is 4.98 Å². The molecule has 0 radical (unpaired) electrons. The van der Waals surface area contributed by atoms with Crippen molar-refractivity contribution in [1.82, 2.24) is 4.98 Å². The minimum Gasteiger partial charge on any atom is -0.496 e. The Hall–Kier alpha value is -3.08. The van der Waals surface area contributed by atoms with E-state index in [1.165, 1.54) is 17.5 Å². The van der Waals surface area contributed by atoms with E-state index in [0.717, 1.165) is 17.7 Å². The van der Waals surface area contributed by atoms with Crippen LogP contribution in [-0.4, -0.2) is 23.9 Å². The number of fused-ring (bicyclic) bond motifs is 1. The zero-order valence-corrected chi connectivity index (χ0v) is 14.8. The summed E-state index contributed by atoms with van der Waals surface area (Å²) in [5.74, 6) is 1.36. The Bertz CT molecular complexity index is 948. The smallest absolute Gasteiger partial charge is 0.181 e. The molecule has 1 aromatic heterocycles. The highest BCUT2D eigenvalue weighted by Crippen LogP contribution is 2.38. The number of carbonyl (C=O) groups excluding carboxylic acids is 1. The molecule has 0 fully saturated rings. The molecule has 1 aliphatic heterocycles. The van der Waals surface area contributed by atoms with Crippen molar-refractivity contribution in [3.8, 4) is 17.1 Å². The van der Waals surface area contributed by atoms with Gasteiger partial charge in [0.1, 0.15) is 5.75 Å². The van der Waals surface area contributed by atoms with Gasteiger partial charge in [-0.1, -0.05) is 29.8 Å². The molecule has 1 N–H and O–H groups in total. The molecule has 0 amide bonds. The van der Waals surface area contributed by atoms with E-state index in [4.69, 9.17) is 9.15 Å². The van der Waals surface area contributed by atoms with Crippen molar-refractivity contribution in [3.05, 3.63) is 65.7 Å². The Morgan fingerprint density at radius 2 is 2.15 bits per heavy atom. The zero-order chi connectivity index (χ0) is 18.1. The summed E-state index contributed by atoms with van der Waals surface area (Å²) in [4.78, 5) is 16.7. The molecule has 0 aliphatic carbocycles. The number of hydrogen-bond acceptors (Lipinski definition) is 5. The fourth-order valence-electron chi connectivity index (χ4n) is 3.49. The highest BCUT2D eigenvalue weighted by Gasteiger charge is 2.27. The van der Waals surface area contributed by atoms with Gasteiger partial charge in [0.2, 0.25) is 0 Å². The van der Waals surface area contributed by atoms with Gasteiger partial charge in [-0.05, 0) is 25.0 Å². The quantitative estimate of drug-likeness (QED) is 0.763. The molecule has 1 atom stereocenters. The molecule has 0 saturated heterocycles. The number of benzene rings is 2. The maximum atomic E-state index is 12.7. The summed E-state index contributed by atoms with van der Waals surface area (Å²) >= 11 is 0. The lowest BCUT2D eigenvalue weighted by atomic mass is 9.91. The minimum atomic E-state index is 0.0673.